The van der Waals surface area contributed by atoms with Crippen LogP contribution in [-0.4, -0.2) is 48.2 Å². The molecule has 1 aromatic rings. The van der Waals surface area contributed by atoms with Gasteiger partial charge in [0, 0.05) is 38.1 Å². The van der Waals surface area contributed by atoms with Crippen molar-refractivity contribution in [1.29, 1.82) is 0 Å². The van der Waals surface area contributed by atoms with Gasteiger partial charge in [-0.25, -0.2) is 13.1 Å². The zero-order valence-electron chi connectivity index (χ0n) is 14.0. The quantitative estimate of drug-likeness (QED) is 0.799. The van der Waals surface area contributed by atoms with Crippen LogP contribution >= 0.6 is 12.4 Å². The predicted molar refractivity (Wildman–Crippen MR) is 94.1 cm³/mol. The normalized spacial score (nSPS) is 22.0. The van der Waals surface area contributed by atoms with Crippen molar-refractivity contribution in [3.8, 4) is 0 Å². The number of nitrogens with zero attached hydrogens (tertiary/aromatic N) is 3. The zero-order valence-corrected chi connectivity index (χ0v) is 15.7. The van der Waals surface area contributed by atoms with E-state index in [1.54, 1.807) is 19.3 Å². The molecule has 0 unspecified atom stereocenters. The fourth-order valence-corrected chi connectivity index (χ4v) is 3.83. The minimum absolute atomic E-state index is 0. The van der Waals surface area contributed by atoms with Crippen LogP contribution in [0.2, 0.25) is 0 Å². The average Bonchev–Trinajstić information content (AvgIpc) is 2.83. The summed E-state index contributed by atoms with van der Waals surface area (Å²) in [5.41, 5.74) is 1.84. The van der Waals surface area contributed by atoms with Crippen molar-refractivity contribution >= 4 is 22.4 Å². The second-order valence-electron chi connectivity index (χ2n) is 6.02. The van der Waals surface area contributed by atoms with Crippen LogP contribution in [0.15, 0.2) is 12.4 Å². The molecule has 132 valence electrons. The third-order valence-corrected chi connectivity index (χ3v) is 5.53. The topological polar surface area (TPSA) is 75.2 Å². The van der Waals surface area contributed by atoms with E-state index < -0.39 is 10.0 Å². The summed E-state index contributed by atoms with van der Waals surface area (Å²) in [6.45, 7) is 8.09. The van der Waals surface area contributed by atoms with Crippen molar-refractivity contribution in [1.82, 2.24) is 19.6 Å². The van der Waals surface area contributed by atoms with Crippen molar-refractivity contribution in [3.05, 3.63) is 23.8 Å². The van der Waals surface area contributed by atoms with Gasteiger partial charge < -0.3 is 0 Å². The lowest BCUT2D eigenvalue weighted by Crippen LogP contribution is -2.41. The van der Waals surface area contributed by atoms with Crippen LogP contribution in [-0.2, 0) is 16.6 Å². The van der Waals surface area contributed by atoms with E-state index >= 15 is 0 Å². The Hall–Kier alpha value is -0.760. The van der Waals surface area contributed by atoms with Gasteiger partial charge in [0.15, 0.2) is 0 Å². The second-order valence-corrected chi connectivity index (χ2v) is 8.06. The number of aryl methyl sites for hydroxylation is 1. The van der Waals surface area contributed by atoms with Crippen LogP contribution in [0.1, 0.15) is 38.1 Å². The van der Waals surface area contributed by atoms with Gasteiger partial charge in [-0.3, -0.25) is 14.9 Å². The van der Waals surface area contributed by atoms with Crippen molar-refractivity contribution in [3.63, 3.8) is 0 Å². The lowest BCUT2D eigenvalue weighted by Gasteiger charge is -2.18. The van der Waals surface area contributed by atoms with Crippen molar-refractivity contribution in [2.75, 3.05) is 18.8 Å². The Morgan fingerprint density at radius 2 is 2.00 bits per heavy atom. The molecule has 8 heteroatoms. The van der Waals surface area contributed by atoms with E-state index in [0.717, 1.165) is 43.9 Å². The fourth-order valence-electron chi connectivity index (χ4n) is 2.93. The smallest absolute Gasteiger partial charge is 0.211 e. The number of likely N-dealkylation sites (tertiary alicyclic amines) is 1. The highest BCUT2D eigenvalue weighted by atomic mass is 35.5. The molecule has 0 aliphatic carbocycles. The molecule has 0 radical (unpaired) electrons. The maximum atomic E-state index is 11.9. The number of halogens is 1. The fraction of sp³-hybridized carbons (Fsp3) is 0.733. The summed E-state index contributed by atoms with van der Waals surface area (Å²) in [6, 6.07) is 0.00306. The lowest BCUT2D eigenvalue weighted by molar-refractivity contribution is 0.308. The van der Waals surface area contributed by atoms with E-state index in [9.17, 15) is 8.42 Å². The standard InChI is InChI=1S/C15H26N4O2S.ClH/c1-4-6-13-9-19(10-14-8-16-12(3)7-17-14)11-15(13)18-22(20,21)5-2;/h7-8,13,15,18H,4-6,9-11H2,1-3H3;1H/t13-,15-;/m0./s1. The Morgan fingerprint density at radius 3 is 2.57 bits per heavy atom. The third kappa shape index (κ3) is 5.99. The van der Waals surface area contributed by atoms with Gasteiger partial charge in [0.2, 0.25) is 10.0 Å². The molecule has 1 aliphatic heterocycles. The van der Waals surface area contributed by atoms with E-state index in [-0.39, 0.29) is 24.2 Å². The van der Waals surface area contributed by atoms with E-state index in [2.05, 4.69) is 26.5 Å². The molecule has 0 spiro atoms. The van der Waals surface area contributed by atoms with Crippen molar-refractivity contribution < 1.29 is 8.42 Å². The molecule has 1 N–H and O–H groups in total. The summed E-state index contributed by atoms with van der Waals surface area (Å²) in [6.07, 6.45) is 5.67. The minimum atomic E-state index is -3.16. The molecular formula is C15H27ClN4O2S. The van der Waals surface area contributed by atoms with Gasteiger partial charge in [-0.1, -0.05) is 13.3 Å². The highest BCUT2D eigenvalue weighted by Crippen LogP contribution is 2.23. The van der Waals surface area contributed by atoms with Crippen LogP contribution in [0.5, 0.6) is 0 Å². The molecule has 6 nitrogen and oxygen atoms in total. The first-order valence-electron chi connectivity index (χ1n) is 7.93. The number of hydrogen-bond acceptors (Lipinski definition) is 5. The molecule has 1 aliphatic rings. The van der Waals surface area contributed by atoms with Gasteiger partial charge in [0.1, 0.15) is 0 Å². The number of aromatic nitrogens is 2. The first kappa shape index (κ1) is 20.3. The maximum Gasteiger partial charge on any atom is 0.211 e. The van der Waals surface area contributed by atoms with Crippen LogP contribution in [0.3, 0.4) is 0 Å². The van der Waals surface area contributed by atoms with Gasteiger partial charge >= 0.3 is 0 Å². The molecule has 1 saturated heterocycles. The van der Waals surface area contributed by atoms with Crippen LogP contribution in [0, 0.1) is 12.8 Å². The van der Waals surface area contributed by atoms with Gasteiger partial charge in [-0.05, 0) is 26.2 Å². The first-order chi connectivity index (χ1) is 10.4. The third-order valence-electron chi connectivity index (χ3n) is 4.11. The molecule has 1 aromatic heterocycles. The van der Waals surface area contributed by atoms with Crippen LogP contribution in [0.25, 0.3) is 0 Å². The summed E-state index contributed by atoms with van der Waals surface area (Å²) in [5.74, 6) is 0.496. The van der Waals surface area contributed by atoms with Gasteiger partial charge in [0.25, 0.3) is 0 Å². The minimum Gasteiger partial charge on any atom is -0.296 e. The van der Waals surface area contributed by atoms with E-state index in [0.29, 0.717) is 5.92 Å². The Balaban J connectivity index is 0.00000264. The monoisotopic (exact) mass is 362 g/mol. The maximum absolute atomic E-state index is 11.9. The van der Waals surface area contributed by atoms with E-state index in [4.69, 9.17) is 0 Å². The van der Waals surface area contributed by atoms with Gasteiger partial charge in [0.05, 0.1) is 17.1 Å². The summed E-state index contributed by atoms with van der Waals surface area (Å²) in [7, 11) is -3.16. The summed E-state index contributed by atoms with van der Waals surface area (Å²) >= 11 is 0. The lowest BCUT2D eigenvalue weighted by atomic mass is 9.99. The van der Waals surface area contributed by atoms with E-state index in [1.165, 1.54) is 0 Å². The molecule has 0 bridgehead atoms. The Labute approximate surface area is 145 Å². The summed E-state index contributed by atoms with van der Waals surface area (Å²) in [5, 5.41) is 0. The first-order valence-corrected chi connectivity index (χ1v) is 9.58. The highest BCUT2D eigenvalue weighted by Gasteiger charge is 2.34. The summed E-state index contributed by atoms with van der Waals surface area (Å²) < 4.78 is 26.6. The van der Waals surface area contributed by atoms with Crippen molar-refractivity contribution in [2.24, 2.45) is 5.92 Å². The Morgan fingerprint density at radius 1 is 1.26 bits per heavy atom. The molecule has 2 atom stereocenters. The summed E-state index contributed by atoms with van der Waals surface area (Å²) in [4.78, 5) is 10.9. The second kappa shape index (κ2) is 8.92. The van der Waals surface area contributed by atoms with Gasteiger partial charge in [-0.2, -0.15) is 0 Å². The molecular weight excluding hydrogens is 336 g/mol. The van der Waals surface area contributed by atoms with Crippen LogP contribution < -0.4 is 4.72 Å². The molecule has 0 saturated carbocycles. The van der Waals surface area contributed by atoms with Gasteiger partial charge in [-0.15, -0.1) is 12.4 Å². The average molecular weight is 363 g/mol. The molecule has 2 rings (SSSR count). The van der Waals surface area contributed by atoms with Crippen LogP contribution in [0.4, 0.5) is 0 Å². The number of sulfonamides is 1. The molecule has 23 heavy (non-hydrogen) atoms. The number of rotatable bonds is 7. The van der Waals surface area contributed by atoms with E-state index in [1.807, 2.05) is 6.92 Å². The highest BCUT2D eigenvalue weighted by molar-refractivity contribution is 7.89. The number of hydrogen-bond donors (Lipinski definition) is 1. The SMILES string of the molecule is CCC[C@H]1CN(Cc2cnc(C)cn2)C[C@@H]1NS(=O)(=O)CC.Cl. The Kier molecular flexibility index (Phi) is 7.86. The molecule has 0 aromatic carbocycles. The van der Waals surface area contributed by atoms with Crippen molar-refractivity contribution in [2.45, 2.75) is 46.2 Å². The molecule has 0 amide bonds. The molecule has 2 heterocycles. The molecule has 1 fully saturated rings. The zero-order chi connectivity index (χ0) is 16.2. The predicted octanol–water partition coefficient (Wildman–Crippen LogP) is 1.75. The largest absolute Gasteiger partial charge is 0.296 e. The Bertz CT molecular complexity index is 580. The number of nitrogens with one attached hydrogen (secondary N) is 1.